The first-order chi connectivity index (χ1) is 7.93. The van der Waals surface area contributed by atoms with Crippen LogP contribution in [0.5, 0.6) is 0 Å². The van der Waals surface area contributed by atoms with E-state index in [2.05, 4.69) is 69.5 Å². The van der Waals surface area contributed by atoms with Gasteiger partial charge in [0, 0.05) is 9.77 Å². The van der Waals surface area contributed by atoms with Gasteiger partial charge < -0.3 is 0 Å². The van der Waals surface area contributed by atoms with Crippen LogP contribution in [0.25, 0.3) is 0 Å². The number of aryl methyl sites for hydroxylation is 1. The Morgan fingerprint density at radius 3 is 2.18 bits per heavy atom. The van der Waals surface area contributed by atoms with E-state index in [1.807, 2.05) is 0 Å². The Morgan fingerprint density at radius 1 is 1.12 bits per heavy atom. The topological polar surface area (TPSA) is 0 Å². The van der Waals surface area contributed by atoms with Gasteiger partial charge in [-0.1, -0.05) is 57.1 Å². The Morgan fingerprint density at radius 2 is 1.71 bits per heavy atom. The molecule has 0 heterocycles. The van der Waals surface area contributed by atoms with Gasteiger partial charge in [0.25, 0.3) is 0 Å². The van der Waals surface area contributed by atoms with Crippen molar-refractivity contribution in [1.29, 1.82) is 0 Å². The second-order valence-electron chi connectivity index (χ2n) is 5.93. The number of hydrogen-bond donors (Lipinski definition) is 0. The summed E-state index contributed by atoms with van der Waals surface area (Å²) in [6, 6.07) is 9.00. The summed E-state index contributed by atoms with van der Waals surface area (Å²) in [5, 5.41) is 0. The summed E-state index contributed by atoms with van der Waals surface area (Å²) in [5.74, 6) is 0. The monoisotopic (exact) mass is 266 g/mol. The van der Waals surface area contributed by atoms with Crippen molar-refractivity contribution in [3.05, 3.63) is 29.8 Å². The molecule has 1 atom stereocenters. The number of unbranched alkanes of at least 4 members (excludes halogenated alkanes) is 1. The second-order valence-corrected chi connectivity index (χ2v) is 13.1. The first-order valence-corrected chi connectivity index (χ1v) is 11.1. The Hall–Kier alpha value is -0.213. The highest BCUT2D eigenvalue weighted by molar-refractivity contribution is 8.01. The predicted molar refractivity (Wildman–Crippen MR) is 83.7 cm³/mol. The van der Waals surface area contributed by atoms with E-state index in [9.17, 15) is 0 Å². The van der Waals surface area contributed by atoms with Crippen LogP contribution in [-0.4, -0.2) is 12.9 Å². The van der Waals surface area contributed by atoms with Gasteiger partial charge in [0.1, 0.15) is 0 Å². The molecule has 0 spiro atoms. The van der Waals surface area contributed by atoms with Crippen molar-refractivity contribution < 1.29 is 0 Å². The van der Waals surface area contributed by atoms with Gasteiger partial charge in [-0.25, -0.2) is 0 Å². The van der Waals surface area contributed by atoms with Crippen LogP contribution in [0.2, 0.25) is 19.6 Å². The Kier molecular flexibility index (Phi) is 5.81. The minimum Gasteiger partial charge on any atom is -0.126 e. The van der Waals surface area contributed by atoms with Crippen molar-refractivity contribution in [2.24, 2.45) is 0 Å². The third kappa shape index (κ3) is 5.30. The van der Waals surface area contributed by atoms with Crippen LogP contribution in [0.4, 0.5) is 0 Å². The highest BCUT2D eigenvalue weighted by Crippen LogP contribution is 2.33. The predicted octanol–water partition coefficient (Wildman–Crippen LogP) is 5.52. The van der Waals surface area contributed by atoms with Gasteiger partial charge in [0.2, 0.25) is 0 Å². The molecule has 0 N–H and O–H groups in total. The number of thioether (sulfide) groups is 1. The van der Waals surface area contributed by atoms with Gasteiger partial charge in [0.05, 0.1) is 8.07 Å². The van der Waals surface area contributed by atoms with Crippen LogP contribution in [0, 0.1) is 6.92 Å². The highest BCUT2D eigenvalue weighted by Gasteiger charge is 2.26. The molecule has 0 aliphatic carbocycles. The van der Waals surface area contributed by atoms with Crippen LogP contribution in [0.15, 0.2) is 29.2 Å². The summed E-state index contributed by atoms with van der Waals surface area (Å²) in [6.07, 6.45) is 4.06. The molecule has 96 valence electrons. The summed E-state index contributed by atoms with van der Waals surface area (Å²) in [4.78, 5) is 2.30. The second kappa shape index (κ2) is 6.65. The van der Waals surface area contributed by atoms with Crippen LogP contribution >= 0.6 is 11.8 Å². The van der Waals surface area contributed by atoms with Gasteiger partial charge in [-0.3, -0.25) is 0 Å². The minimum absolute atomic E-state index is 0.852. The van der Waals surface area contributed by atoms with E-state index >= 15 is 0 Å². The lowest BCUT2D eigenvalue weighted by molar-refractivity contribution is 0.750. The maximum Gasteiger partial charge on any atom is 0.0591 e. The van der Waals surface area contributed by atoms with Crippen molar-refractivity contribution in [2.75, 3.05) is 0 Å². The van der Waals surface area contributed by atoms with E-state index < -0.39 is 8.07 Å². The van der Waals surface area contributed by atoms with Crippen molar-refractivity contribution in [1.82, 2.24) is 0 Å². The maximum absolute atomic E-state index is 2.49. The average Bonchev–Trinajstić information content (AvgIpc) is 2.25. The standard InChI is InChI=1S/C15H26SSi/c1-6-7-8-15(17(3,4)5)16-14-11-9-13(2)10-12-14/h9-12,15H,6-8H2,1-5H3. The molecule has 1 aromatic carbocycles. The van der Waals surface area contributed by atoms with Crippen LogP contribution in [-0.2, 0) is 0 Å². The number of rotatable bonds is 6. The molecule has 0 saturated carbocycles. The largest absolute Gasteiger partial charge is 0.126 e. The maximum atomic E-state index is 2.49. The summed E-state index contributed by atoms with van der Waals surface area (Å²) in [5.41, 5.74) is 1.35. The zero-order chi connectivity index (χ0) is 12.9. The molecule has 0 aliphatic heterocycles. The smallest absolute Gasteiger partial charge is 0.0591 e. The normalized spacial score (nSPS) is 13.7. The Labute approximate surface area is 112 Å². The van der Waals surface area contributed by atoms with Gasteiger partial charge in [-0.05, 0) is 25.5 Å². The lowest BCUT2D eigenvalue weighted by atomic mass is 10.2. The fraction of sp³-hybridized carbons (Fsp3) is 0.600. The van der Waals surface area contributed by atoms with Gasteiger partial charge in [-0.15, -0.1) is 11.8 Å². The Balaban J connectivity index is 2.68. The van der Waals surface area contributed by atoms with Gasteiger partial charge >= 0.3 is 0 Å². The third-order valence-corrected chi connectivity index (χ3v) is 8.85. The molecule has 0 bridgehead atoms. The minimum atomic E-state index is -1.06. The lowest BCUT2D eigenvalue weighted by Gasteiger charge is -2.28. The summed E-state index contributed by atoms with van der Waals surface area (Å²) < 4.78 is 0. The fourth-order valence-electron chi connectivity index (χ4n) is 1.84. The van der Waals surface area contributed by atoms with Crippen LogP contribution in [0.3, 0.4) is 0 Å². The quantitative estimate of drug-likeness (QED) is 0.482. The van der Waals surface area contributed by atoms with Gasteiger partial charge in [-0.2, -0.15) is 0 Å². The molecule has 2 heteroatoms. The zero-order valence-corrected chi connectivity index (χ0v) is 13.7. The van der Waals surface area contributed by atoms with E-state index in [4.69, 9.17) is 0 Å². The molecule has 0 saturated heterocycles. The van der Waals surface area contributed by atoms with Crippen molar-refractivity contribution in [3.8, 4) is 0 Å². The summed E-state index contributed by atoms with van der Waals surface area (Å²) in [7, 11) is -1.06. The molecular weight excluding hydrogens is 240 g/mol. The van der Waals surface area contributed by atoms with Crippen molar-refractivity contribution in [2.45, 2.75) is 62.5 Å². The lowest BCUT2D eigenvalue weighted by Crippen LogP contribution is -2.35. The molecule has 1 aromatic rings. The first-order valence-electron chi connectivity index (χ1n) is 6.67. The SMILES string of the molecule is CCCCC(Sc1ccc(C)cc1)[Si](C)(C)C. The van der Waals surface area contributed by atoms with E-state index in [1.54, 1.807) is 0 Å². The van der Waals surface area contributed by atoms with Crippen molar-refractivity contribution >= 4 is 19.8 Å². The van der Waals surface area contributed by atoms with E-state index in [0.29, 0.717) is 0 Å². The average molecular weight is 267 g/mol. The van der Waals surface area contributed by atoms with Crippen molar-refractivity contribution in [3.63, 3.8) is 0 Å². The van der Waals surface area contributed by atoms with E-state index in [0.717, 1.165) is 4.87 Å². The molecule has 0 aromatic heterocycles. The summed E-state index contributed by atoms with van der Waals surface area (Å²) >= 11 is 2.11. The van der Waals surface area contributed by atoms with Crippen LogP contribution in [0.1, 0.15) is 31.7 Å². The molecule has 17 heavy (non-hydrogen) atoms. The van der Waals surface area contributed by atoms with Gasteiger partial charge in [0.15, 0.2) is 0 Å². The van der Waals surface area contributed by atoms with E-state index in [-0.39, 0.29) is 0 Å². The molecule has 1 unspecified atom stereocenters. The molecule has 1 rings (SSSR count). The fourth-order valence-corrected chi connectivity index (χ4v) is 5.64. The summed E-state index contributed by atoms with van der Waals surface area (Å²) in [6.45, 7) is 11.9. The highest BCUT2D eigenvalue weighted by atomic mass is 32.2. The molecule has 0 fully saturated rings. The molecule has 0 radical (unpaired) electrons. The van der Waals surface area contributed by atoms with Crippen LogP contribution < -0.4 is 0 Å². The molecule has 0 aliphatic rings. The third-order valence-electron chi connectivity index (χ3n) is 3.09. The van der Waals surface area contributed by atoms with E-state index in [1.165, 1.54) is 29.7 Å². The first kappa shape index (κ1) is 14.8. The number of hydrogen-bond acceptors (Lipinski definition) is 1. The zero-order valence-electron chi connectivity index (χ0n) is 11.9. The Bertz CT molecular complexity index is 324. The molecule has 0 nitrogen and oxygen atoms in total. The molecule has 0 amide bonds. The molecular formula is C15H26SSi. The number of benzene rings is 1.